The smallest absolute Gasteiger partial charge is 0.407 e. The third-order valence-electron chi connectivity index (χ3n) is 5.21. The van der Waals surface area contributed by atoms with Gasteiger partial charge in [-0.15, -0.1) is 0 Å². The first kappa shape index (κ1) is 21.4. The van der Waals surface area contributed by atoms with E-state index in [-0.39, 0.29) is 31.4 Å². The predicted octanol–water partition coefficient (Wildman–Crippen LogP) is 3.14. The highest BCUT2D eigenvalue weighted by Crippen LogP contribution is 2.44. The summed E-state index contributed by atoms with van der Waals surface area (Å²) < 4.78 is 5.40. The summed E-state index contributed by atoms with van der Waals surface area (Å²) in [6.45, 7) is 3.69. The number of carbonyl (C=O) groups is 3. The van der Waals surface area contributed by atoms with E-state index in [0.717, 1.165) is 22.3 Å². The molecule has 30 heavy (non-hydrogen) atoms. The second-order valence-electron chi connectivity index (χ2n) is 7.63. The van der Waals surface area contributed by atoms with Crippen LogP contribution in [0.3, 0.4) is 0 Å². The minimum Gasteiger partial charge on any atom is -0.480 e. The van der Waals surface area contributed by atoms with Crippen LogP contribution in [0.15, 0.2) is 48.5 Å². The number of ether oxygens (including phenoxy) is 1. The van der Waals surface area contributed by atoms with Gasteiger partial charge in [0.15, 0.2) is 0 Å². The highest BCUT2D eigenvalue weighted by Gasteiger charge is 2.29. The number of amides is 2. The van der Waals surface area contributed by atoms with E-state index >= 15 is 0 Å². The van der Waals surface area contributed by atoms with Gasteiger partial charge in [-0.1, -0.05) is 62.4 Å². The van der Waals surface area contributed by atoms with Crippen molar-refractivity contribution in [2.75, 3.05) is 13.2 Å². The largest absolute Gasteiger partial charge is 0.480 e. The Morgan fingerprint density at radius 1 is 1.00 bits per heavy atom. The van der Waals surface area contributed by atoms with Gasteiger partial charge in [0.25, 0.3) is 0 Å². The molecule has 0 heterocycles. The van der Waals surface area contributed by atoms with Crippen molar-refractivity contribution in [3.63, 3.8) is 0 Å². The van der Waals surface area contributed by atoms with Crippen molar-refractivity contribution in [2.45, 2.75) is 32.2 Å². The van der Waals surface area contributed by atoms with E-state index < -0.39 is 24.0 Å². The Morgan fingerprint density at radius 2 is 1.57 bits per heavy atom. The molecule has 0 bridgehead atoms. The van der Waals surface area contributed by atoms with Crippen LogP contribution >= 0.6 is 0 Å². The lowest BCUT2D eigenvalue weighted by Crippen LogP contribution is -2.45. The highest BCUT2D eigenvalue weighted by atomic mass is 16.5. The summed E-state index contributed by atoms with van der Waals surface area (Å²) in [7, 11) is 0. The molecule has 0 radical (unpaired) electrons. The molecule has 2 amide bonds. The Hall–Kier alpha value is -3.35. The molecule has 3 rings (SSSR count). The van der Waals surface area contributed by atoms with Gasteiger partial charge in [0, 0.05) is 18.9 Å². The zero-order chi connectivity index (χ0) is 21.7. The maximum absolute atomic E-state index is 12.1. The van der Waals surface area contributed by atoms with Crippen molar-refractivity contribution in [2.24, 2.45) is 5.92 Å². The number of benzene rings is 2. The van der Waals surface area contributed by atoms with Crippen LogP contribution in [0.25, 0.3) is 11.1 Å². The van der Waals surface area contributed by atoms with Crippen LogP contribution in [0.1, 0.15) is 37.3 Å². The molecule has 2 aromatic rings. The zero-order valence-electron chi connectivity index (χ0n) is 17.1. The lowest BCUT2D eigenvalue weighted by Gasteiger charge is -2.18. The Bertz CT molecular complexity index is 895. The van der Waals surface area contributed by atoms with E-state index in [1.807, 2.05) is 36.4 Å². The van der Waals surface area contributed by atoms with Crippen LogP contribution in [0, 0.1) is 5.92 Å². The molecule has 0 aliphatic heterocycles. The molecular formula is C23H26N2O5. The molecule has 0 spiro atoms. The first-order chi connectivity index (χ1) is 14.4. The summed E-state index contributed by atoms with van der Waals surface area (Å²) in [5.74, 6) is -1.78. The van der Waals surface area contributed by atoms with Crippen molar-refractivity contribution in [1.29, 1.82) is 0 Å². The molecular weight excluding hydrogens is 384 g/mol. The molecule has 0 fully saturated rings. The van der Waals surface area contributed by atoms with Gasteiger partial charge in [0.1, 0.15) is 12.6 Å². The number of hydrogen-bond acceptors (Lipinski definition) is 4. The van der Waals surface area contributed by atoms with Gasteiger partial charge in [-0.25, -0.2) is 9.59 Å². The molecule has 3 N–H and O–H groups in total. The van der Waals surface area contributed by atoms with Crippen LogP contribution in [0.2, 0.25) is 0 Å². The average Bonchev–Trinajstić information content (AvgIpc) is 3.04. The van der Waals surface area contributed by atoms with Crippen molar-refractivity contribution >= 4 is 18.0 Å². The number of carboxylic acid groups (broad SMARTS) is 1. The van der Waals surface area contributed by atoms with E-state index in [1.165, 1.54) is 0 Å². The highest BCUT2D eigenvalue weighted by molar-refractivity contribution is 5.84. The molecule has 0 saturated carbocycles. The number of fused-ring (bicyclic) bond motifs is 3. The Morgan fingerprint density at radius 3 is 2.10 bits per heavy atom. The number of hydrogen-bond donors (Lipinski definition) is 3. The minimum atomic E-state index is -1.08. The molecule has 0 aromatic heterocycles. The second-order valence-corrected chi connectivity index (χ2v) is 7.63. The van der Waals surface area contributed by atoms with Gasteiger partial charge in [0.05, 0.1) is 0 Å². The predicted molar refractivity (Wildman–Crippen MR) is 112 cm³/mol. The molecule has 7 heteroatoms. The van der Waals surface area contributed by atoms with E-state index in [0.29, 0.717) is 0 Å². The number of rotatable bonds is 8. The number of carboxylic acids is 1. The molecule has 2 aromatic carbocycles. The quantitative estimate of drug-likeness (QED) is 0.620. The Balaban J connectivity index is 1.49. The fraction of sp³-hybridized carbons (Fsp3) is 0.348. The van der Waals surface area contributed by atoms with Crippen molar-refractivity contribution in [1.82, 2.24) is 10.6 Å². The third-order valence-corrected chi connectivity index (χ3v) is 5.21. The van der Waals surface area contributed by atoms with Crippen LogP contribution in [-0.4, -0.2) is 42.3 Å². The monoisotopic (exact) mass is 410 g/mol. The number of aliphatic carboxylic acids is 1. The minimum absolute atomic E-state index is 0.0271. The van der Waals surface area contributed by atoms with Gasteiger partial charge in [-0.3, -0.25) is 4.79 Å². The lowest BCUT2D eigenvalue weighted by atomic mass is 9.98. The first-order valence-corrected chi connectivity index (χ1v) is 9.99. The Kier molecular flexibility index (Phi) is 6.72. The molecule has 158 valence electrons. The van der Waals surface area contributed by atoms with Crippen molar-refractivity contribution in [3.05, 3.63) is 59.7 Å². The molecule has 1 unspecified atom stereocenters. The van der Waals surface area contributed by atoms with Gasteiger partial charge in [0.2, 0.25) is 5.91 Å². The average molecular weight is 410 g/mol. The summed E-state index contributed by atoms with van der Waals surface area (Å²) in [4.78, 5) is 35.1. The summed E-state index contributed by atoms with van der Waals surface area (Å²) in [6.07, 6.45) is -0.635. The first-order valence-electron chi connectivity index (χ1n) is 9.99. The summed E-state index contributed by atoms with van der Waals surface area (Å²) in [5, 5.41) is 14.1. The van der Waals surface area contributed by atoms with Gasteiger partial charge >= 0.3 is 12.1 Å². The third kappa shape index (κ3) is 4.79. The molecule has 7 nitrogen and oxygen atoms in total. The Labute approximate surface area is 175 Å². The van der Waals surface area contributed by atoms with Gasteiger partial charge in [-0.05, 0) is 28.2 Å². The van der Waals surface area contributed by atoms with Crippen LogP contribution in [-0.2, 0) is 14.3 Å². The van der Waals surface area contributed by atoms with E-state index in [2.05, 4.69) is 22.8 Å². The van der Waals surface area contributed by atoms with E-state index in [1.54, 1.807) is 13.8 Å². The summed E-state index contributed by atoms with van der Waals surface area (Å²) in [6, 6.07) is 15.2. The van der Waals surface area contributed by atoms with Crippen LogP contribution in [0.5, 0.6) is 0 Å². The fourth-order valence-corrected chi connectivity index (χ4v) is 3.69. The number of nitrogens with one attached hydrogen (secondary N) is 2. The zero-order valence-corrected chi connectivity index (χ0v) is 17.1. The fourth-order valence-electron chi connectivity index (χ4n) is 3.69. The van der Waals surface area contributed by atoms with E-state index in [9.17, 15) is 14.4 Å². The van der Waals surface area contributed by atoms with Crippen LogP contribution < -0.4 is 10.6 Å². The summed E-state index contributed by atoms with van der Waals surface area (Å²) >= 11 is 0. The SMILES string of the molecule is CC(C)C(NC(=O)CCNC(=O)OCC1c2ccccc2-c2ccccc21)C(=O)O. The number of carbonyl (C=O) groups excluding carboxylic acids is 2. The topological polar surface area (TPSA) is 105 Å². The van der Waals surface area contributed by atoms with Crippen molar-refractivity contribution < 1.29 is 24.2 Å². The number of alkyl carbamates (subject to hydrolysis) is 1. The maximum Gasteiger partial charge on any atom is 0.407 e. The van der Waals surface area contributed by atoms with Gasteiger partial charge in [-0.2, -0.15) is 0 Å². The summed E-state index contributed by atoms with van der Waals surface area (Å²) in [5.41, 5.74) is 4.55. The molecule has 0 saturated heterocycles. The normalized spacial score (nSPS) is 13.3. The lowest BCUT2D eigenvalue weighted by molar-refractivity contribution is -0.143. The van der Waals surface area contributed by atoms with E-state index in [4.69, 9.17) is 9.84 Å². The molecule has 1 aliphatic carbocycles. The molecule has 1 atom stereocenters. The maximum atomic E-state index is 12.1. The second kappa shape index (κ2) is 9.43. The van der Waals surface area contributed by atoms with Gasteiger partial charge < -0.3 is 20.5 Å². The standard InChI is InChI=1S/C23H26N2O5/c1-14(2)21(22(27)28)25-20(26)11-12-24-23(29)30-13-19-17-9-5-3-7-15(17)16-8-4-6-10-18(16)19/h3-10,14,19,21H,11-13H2,1-2H3,(H,24,29)(H,25,26)(H,27,28). The molecule has 1 aliphatic rings. The van der Waals surface area contributed by atoms with Crippen LogP contribution in [0.4, 0.5) is 4.79 Å². The van der Waals surface area contributed by atoms with Crippen molar-refractivity contribution in [3.8, 4) is 11.1 Å².